The number of hydrogen-bond acceptors (Lipinski definition) is 1. The zero-order chi connectivity index (χ0) is 23.0. The highest BCUT2D eigenvalue weighted by molar-refractivity contribution is 5.55. The van der Waals surface area contributed by atoms with Gasteiger partial charge in [-0.05, 0) is 35.6 Å². The lowest BCUT2D eigenvalue weighted by molar-refractivity contribution is 0.354. The van der Waals surface area contributed by atoms with E-state index in [-0.39, 0.29) is 29.1 Å². The van der Waals surface area contributed by atoms with Crippen LogP contribution in [0.2, 0.25) is 0 Å². The van der Waals surface area contributed by atoms with Crippen molar-refractivity contribution in [2.45, 2.75) is 39.5 Å². The van der Waals surface area contributed by atoms with Crippen molar-refractivity contribution < 1.29 is 17.9 Å². The maximum Gasteiger partial charge on any atom is 0.201 e. The molecule has 30 heavy (non-hydrogen) atoms. The average molecular weight is 415 g/mol. The first-order chi connectivity index (χ1) is 14.2. The van der Waals surface area contributed by atoms with Gasteiger partial charge in [0.05, 0.1) is 0 Å². The number of aryl methyl sites for hydroxylation is 1. The van der Waals surface area contributed by atoms with Gasteiger partial charge < -0.3 is 4.74 Å². The smallest absolute Gasteiger partial charge is 0.201 e. The van der Waals surface area contributed by atoms with Crippen LogP contribution in [0.25, 0.3) is 0 Å². The van der Waals surface area contributed by atoms with Crippen LogP contribution in [0.3, 0.4) is 0 Å². The summed E-state index contributed by atoms with van der Waals surface area (Å²) >= 11 is 0. The van der Waals surface area contributed by atoms with Crippen LogP contribution >= 0.6 is 0 Å². The zero-order valence-corrected chi connectivity index (χ0v) is 17.8. The Labute approximate surface area is 178 Å². The molecule has 160 valence electrons. The largest absolute Gasteiger partial charge is 0.450 e. The lowest BCUT2D eigenvalue weighted by Crippen LogP contribution is -2.15. The summed E-state index contributed by atoms with van der Waals surface area (Å²) in [6.45, 7) is 25.0. The van der Waals surface area contributed by atoms with Crippen LogP contribution in [0.1, 0.15) is 37.8 Å². The average Bonchev–Trinajstić information content (AvgIpc) is 2.75. The number of fused-ring (bicyclic) bond motifs is 1. The molecule has 0 N–H and O–H groups in total. The Morgan fingerprint density at radius 3 is 2.30 bits per heavy atom. The van der Waals surface area contributed by atoms with Crippen LogP contribution in [0, 0.1) is 11.6 Å². The Morgan fingerprint density at radius 2 is 1.73 bits per heavy atom. The fraction of sp³-hybridized carbons (Fsp3) is 0.231. The maximum atomic E-state index is 15.0. The predicted molar refractivity (Wildman–Crippen MR) is 120 cm³/mol. The van der Waals surface area contributed by atoms with Gasteiger partial charge in [-0.2, -0.15) is 4.39 Å². The molecule has 2 rings (SSSR count). The highest BCUT2D eigenvalue weighted by atomic mass is 19.2. The van der Waals surface area contributed by atoms with E-state index in [9.17, 15) is 13.2 Å². The predicted octanol–water partition coefficient (Wildman–Crippen LogP) is 8.03. The lowest BCUT2D eigenvalue weighted by Gasteiger charge is -2.24. The molecule has 1 heterocycles. The fourth-order valence-corrected chi connectivity index (χ4v) is 2.81. The Balaban J connectivity index is 0.00000218. The summed E-state index contributed by atoms with van der Waals surface area (Å²) in [7, 11) is 0. The SMILES string of the molecule is C=C.C=C(/C=C\C(=C)C(=C)/C(F)=C1/Oc2c(cc(CCC)c(F)c2F)CC1=C)CC. The second-order valence-electron chi connectivity index (χ2n) is 6.78. The molecule has 1 nitrogen and oxygen atoms in total. The second-order valence-corrected chi connectivity index (χ2v) is 6.78. The number of benzene rings is 1. The van der Waals surface area contributed by atoms with Crippen LogP contribution in [-0.2, 0) is 12.8 Å². The molecular formula is C26H29F3O. The summed E-state index contributed by atoms with van der Waals surface area (Å²) < 4.78 is 49.2. The summed E-state index contributed by atoms with van der Waals surface area (Å²) in [4.78, 5) is 0. The minimum absolute atomic E-state index is 0.0109. The van der Waals surface area contributed by atoms with Gasteiger partial charge in [-0.1, -0.05) is 64.3 Å². The van der Waals surface area contributed by atoms with Crippen molar-refractivity contribution in [2.24, 2.45) is 0 Å². The summed E-state index contributed by atoms with van der Waals surface area (Å²) in [5.74, 6) is -3.42. The van der Waals surface area contributed by atoms with E-state index in [1.54, 1.807) is 18.2 Å². The molecule has 0 fully saturated rings. The van der Waals surface area contributed by atoms with Crippen LogP contribution in [0.5, 0.6) is 5.75 Å². The molecule has 1 aromatic carbocycles. The topological polar surface area (TPSA) is 9.23 Å². The van der Waals surface area contributed by atoms with Crippen molar-refractivity contribution >= 4 is 0 Å². The first-order valence-electron chi connectivity index (χ1n) is 9.71. The van der Waals surface area contributed by atoms with Gasteiger partial charge in [-0.3, -0.25) is 0 Å². The van der Waals surface area contributed by atoms with Crippen LogP contribution in [-0.4, -0.2) is 0 Å². The Morgan fingerprint density at radius 1 is 1.10 bits per heavy atom. The third-order valence-corrected chi connectivity index (χ3v) is 4.59. The Hall–Kier alpha value is -3.01. The quantitative estimate of drug-likeness (QED) is 0.324. The number of ether oxygens (including phenoxy) is 1. The molecular weight excluding hydrogens is 385 g/mol. The number of rotatable bonds is 7. The number of hydrogen-bond donors (Lipinski definition) is 0. The van der Waals surface area contributed by atoms with Crippen molar-refractivity contribution in [3.63, 3.8) is 0 Å². The molecule has 4 heteroatoms. The van der Waals surface area contributed by atoms with Gasteiger partial charge in [0.15, 0.2) is 23.2 Å². The van der Waals surface area contributed by atoms with E-state index in [0.717, 1.165) is 12.0 Å². The molecule has 1 aliphatic rings. The van der Waals surface area contributed by atoms with E-state index >= 15 is 0 Å². The van der Waals surface area contributed by atoms with Crippen molar-refractivity contribution in [3.8, 4) is 5.75 Å². The van der Waals surface area contributed by atoms with Crippen molar-refractivity contribution in [2.75, 3.05) is 0 Å². The normalized spacial score (nSPS) is 14.4. The third kappa shape index (κ3) is 5.53. The molecule has 0 saturated carbocycles. The molecule has 0 bridgehead atoms. The van der Waals surface area contributed by atoms with Crippen molar-refractivity contribution in [1.29, 1.82) is 0 Å². The summed E-state index contributed by atoms with van der Waals surface area (Å²) in [5, 5.41) is 0. The molecule has 0 spiro atoms. The monoisotopic (exact) mass is 414 g/mol. The summed E-state index contributed by atoms with van der Waals surface area (Å²) in [6.07, 6.45) is 5.32. The highest BCUT2D eigenvalue weighted by Crippen LogP contribution is 2.39. The molecule has 0 aliphatic carbocycles. The van der Waals surface area contributed by atoms with Crippen molar-refractivity contribution in [3.05, 3.63) is 114 Å². The number of allylic oxidation sites excluding steroid dienone is 7. The van der Waals surface area contributed by atoms with E-state index in [0.29, 0.717) is 29.6 Å². The van der Waals surface area contributed by atoms with Gasteiger partial charge >= 0.3 is 0 Å². The van der Waals surface area contributed by atoms with Crippen LogP contribution in [0.15, 0.2) is 91.6 Å². The minimum atomic E-state index is -1.11. The van der Waals surface area contributed by atoms with E-state index in [1.165, 1.54) is 0 Å². The lowest BCUT2D eigenvalue weighted by atomic mass is 9.95. The van der Waals surface area contributed by atoms with Gasteiger partial charge in [-0.25, -0.2) is 8.78 Å². The molecule has 0 unspecified atom stereocenters. The summed E-state index contributed by atoms with van der Waals surface area (Å²) in [6, 6.07) is 1.56. The van der Waals surface area contributed by atoms with Gasteiger partial charge in [0.2, 0.25) is 5.82 Å². The van der Waals surface area contributed by atoms with Crippen LogP contribution < -0.4 is 4.74 Å². The van der Waals surface area contributed by atoms with Gasteiger partial charge in [0.1, 0.15) is 0 Å². The first-order valence-corrected chi connectivity index (χ1v) is 9.71. The Kier molecular flexibility index (Phi) is 9.38. The summed E-state index contributed by atoms with van der Waals surface area (Å²) in [5.41, 5.74) is 2.23. The molecule has 1 aromatic rings. The molecule has 0 aromatic heterocycles. The zero-order valence-electron chi connectivity index (χ0n) is 17.8. The standard InChI is InChI=1S/C24H25F3O.C2H4/c1-7-9-18-13-19-12-16(5)23(28-24(19)22(27)21(18)26)20(25)17(6)15(4)11-10-14(3)8-2;1-2/h10-11,13H,3-9,12H2,1-2H3;1-2H2/b11-10-,23-20-;. The van der Waals surface area contributed by atoms with Gasteiger partial charge in [0, 0.05) is 17.6 Å². The first kappa shape index (κ1) is 25.0. The van der Waals surface area contributed by atoms with E-state index in [2.05, 4.69) is 39.5 Å². The molecule has 0 radical (unpaired) electrons. The molecule has 0 amide bonds. The third-order valence-electron chi connectivity index (χ3n) is 4.59. The highest BCUT2D eigenvalue weighted by Gasteiger charge is 2.29. The van der Waals surface area contributed by atoms with E-state index < -0.39 is 17.5 Å². The van der Waals surface area contributed by atoms with E-state index in [4.69, 9.17) is 4.74 Å². The second kappa shape index (κ2) is 11.2. The molecule has 0 atom stereocenters. The van der Waals surface area contributed by atoms with E-state index in [1.807, 2.05) is 13.8 Å². The van der Waals surface area contributed by atoms with Crippen LogP contribution in [0.4, 0.5) is 13.2 Å². The minimum Gasteiger partial charge on any atom is -0.450 e. The Bertz CT molecular complexity index is 932. The van der Waals surface area contributed by atoms with Crippen molar-refractivity contribution in [1.82, 2.24) is 0 Å². The van der Waals surface area contributed by atoms with Gasteiger partial charge in [-0.15, -0.1) is 13.2 Å². The fourth-order valence-electron chi connectivity index (χ4n) is 2.81. The molecule has 0 saturated heterocycles. The maximum absolute atomic E-state index is 15.0. The van der Waals surface area contributed by atoms with Gasteiger partial charge in [0.25, 0.3) is 0 Å². The molecule has 1 aliphatic heterocycles. The number of halogens is 3.